The molecule has 0 aliphatic heterocycles. The molecule has 0 amide bonds. The minimum atomic E-state index is -0.528. The van der Waals surface area contributed by atoms with E-state index in [2.05, 4.69) is 15.5 Å². The third-order valence-electron chi connectivity index (χ3n) is 3.76. The normalized spacial score (nSPS) is 18.2. The van der Waals surface area contributed by atoms with Gasteiger partial charge in [-0.15, -0.1) is 0 Å². The van der Waals surface area contributed by atoms with Crippen molar-refractivity contribution >= 4 is 5.97 Å². The van der Waals surface area contributed by atoms with Gasteiger partial charge in [-0.25, -0.2) is 4.79 Å². The lowest BCUT2D eigenvalue weighted by Crippen LogP contribution is -2.46. The van der Waals surface area contributed by atoms with Gasteiger partial charge < -0.3 is 14.6 Å². The molecule has 0 aromatic carbocycles. The molecule has 1 aliphatic rings. The van der Waals surface area contributed by atoms with Crippen LogP contribution in [0.1, 0.15) is 55.5 Å². The zero-order valence-electron chi connectivity index (χ0n) is 11.6. The van der Waals surface area contributed by atoms with Crippen LogP contribution >= 0.6 is 0 Å². The number of hydrogen-bond donors (Lipinski definition) is 1. The van der Waals surface area contributed by atoms with Gasteiger partial charge in [-0.3, -0.25) is 0 Å². The summed E-state index contributed by atoms with van der Waals surface area (Å²) in [6.45, 7) is 2.06. The van der Waals surface area contributed by atoms with Crippen molar-refractivity contribution in [3.8, 4) is 0 Å². The quantitative estimate of drug-likeness (QED) is 0.818. The number of esters is 1. The van der Waals surface area contributed by atoms with E-state index >= 15 is 0 Å². The number of ether oxygens (including phenoxy) is 1. The first kappa shape index (κ1) is 14.0. The largest absolute Gasteiger partial charge is 0.460 e. The lowest BCUT2D eigenvalue weighted by Gasteiger charge is -2.36. The summed E-state index contributed by atoms with van der Waals surface area (Å²) >= 11 is 0. The van der Waals surface area contributed by atoms with Gasteiger partial charge in [0.05, 0.1) is 6.61 Å². The van der Waals surface area contributed by atoms with Crippen LogP contribution in [-0.2, 0) is 11.2 Å². The van der Waals surface area contributed by atoms with E-state index in [4.69, 9.17) is 9.26 Å². The molecule has 0 radical (unpaired) electrons. The van der Waals surface area contributed by atoms with Gasteiger partial charge in [0.25, 0.3) is 5.82 Å². The van der Waals surface area contributed by atoms with Crippen LogP contribution in [0.15, 0.2) is 4.52 Å². The molecule has 1 saturated carbocycles. The highest BCUT2D eigenvalue weighted by molar-refractivity contribution is 5.84. The molecule has 1 aliphatic carbocycles. The zero-order valence-corrected chi connectivity index (χ0v) is 11.6. The second-order valence-electron chi connectivity index (χ2n) is 5.00. The van der Waals surface area contributed by atoms with Gasteiger partial charge in [0.15, 0.2) is 0 Å². The average Bonchev–Trinajstić information content (AvgIpc) is 2.88. The molecule has 19 heavy (non-hydrogen) atoms. The topological polar surface area (TPSA) is 77.2 Å². The highest BCUT2D eigenvalue weighted by Gasteiger charge is 2.33. The monoisotopic (exact) mass is 267 g/mol. The molecule has 1 fully saturated rings. The van der Waals surface area contributed by atoms with Crippen molar-refractivity contribution in [2.24, 2.45) is 0 Å². The van der Waals surface area contributed by atoms with Gasteiger partial charge in [-0.2, -0.15) is 4.98 Å². The molecule has 1 aromatic heterocycles. The fraction of sp³-hybridized carbons (Fsp3) is 0.769. The zero-order chi connectivity index (χ0) is 13.7. The summed E-state index contributed by atoms with van der Waals surface area (Å²) in [4.78, 5) is 15.6. The summed E-state index contributed by atoms with van der Waals surface area (Å²) < 4.78 is 10.0. The first-order chi connectivity index (χ1) is 9.19. The first-order valence-corrected chi connectivity index (χ1v) is 6.88. The van der Waals surface area contributed by atoms with Crippen LogP contribution in [0.2, 0.25) is 0 Å². The van der Waals surface area contributed by atoms with Crippen LogP contribution in [0, 0.1) is 0 Å². The van der Waals surface area contributed by atoms with E-state index in [1.54, 1.807) is 6.92 Å². The van der Waals surface area contributed by atoms with Gasteiger partial charge >= 0.3 is 5.97 Å². The van der Waals surface area contributed by atoms with Gasteiger partial charge in [-0.1, -0.05) is 19.3 Å². The summed E-state index contributed by atoms with van der Waals surface area (Å²) in [6.07, 6.45) is 6.55. The Morgan fingerprint density at radius 2 is 2.16 bits per heavy atom. The van der Waals surface area contributed by atoms with Crippen LogP contribution in [0.4, 0.5) is 0 Å². The number of likely N-dealkylation sites (N-methyl/N-ethyl adjacent to an activating group) is 1. The Balaban J connectivity index is 2.04. The number of carbonyl (C=O) groups excluding carboxylic acids is 1. The predicted molar refractivity (Wildman–Crippen MR) is 68.8 cm³/mol. The fourth-order valence-electron chi connectivity index (χ4n) is 2.64. The summed E-state index contributed by atoms with van der Waals surface area (Å²) in [5.41, 5.74) is 0.0245. The third kappa shape index (κ3) is 3.32. The molecule has 1 N–H and O–H groups in total. The van der Waals surface area contributed by atoms with Crippen molar-refractivity contribution in [3.63, 3.8) is 0 Å². The summed E-state index contributed by atoms with van der Waals surface area (Å²) in [7, 11) is 1.97. The Morgan fingerprint density at radius 1 is 1.42 bits per heavy atom. The number of carbonyl (C=O) groups is 1. The highest BCUT2D eigenvalue weighted by atomic mass is 16.5. The number of rotatable bonds is 5. The van der Waals surface area contributed by atoms with Crippen molar-refractivity contribution < 1.29 is 14.1 Å². The molecular weight excluding hydrogens is 246 g/mol. The Kier molecular flexibility index (Phi) is 4.52. The molecular formula is C13H21N3O3. The average molecular weight is 267 g/mol. The minimum Gasteiger partial charge on any atom is -0.460 e. The van der Waals surface area contributed by atoms with E-state index in [1.807, 2.05) is 7.05 Å². The fourth-order valence-corrected chi connectivity index (χ4v) is 2.64. The van der Waals surface area contributed by atoms with E-state index in [0.29, 0.717) is 18.9 Å². The molecule has 1 aromatic rings. The minimum absolute atomic E-state index is 0.0129. The van der Waals surface area contributed by atoms with E-state index in [9.17, 15) is 4.79 Å². The lowest BCUT2D eigenvalue weighted by molar-refractivity contribution is 0.0508. The summed E-state index contributed by atoms with van der Waals surface area (Å²) in [6, 6.07) is 0. The van der Waals surface area contributed by atoms with Crippen molar-refractivity contribution in [3.05, 3.63) is 11.7 Å². The molecule has 2 rings (SSSR count). The predicted octanol–water partition coefficient (Wildman–Crippen LogP) is 1.71. The SMILES string of the molecule is CCOC(=O)c1noc(CC2(NC)CCCCC2)n1. The van der Waals surface area contributed by atoms with Crippen LogP contribution in [-0.4, -0.2) is 35.3 Å². The van der Waals surface area contributed by atoms with Gasteiger partial charge in [0, 0.05) is 12.0 Å². The van der Waals surface area contributed by atoms with Crippen molar-refractivity contribution in [1.29, 1.82) is 0 Å². The molecule has 1 heterocycles. The van der Waals surface area contributed by atoms with Gasteiger partial charge in [0.2, 0.25) is 5.89 Å². The molecule has 0 unspecified atom stereocenters. The standard InChI is InChI=1S/C13H21N3O3/c1-3-18-12(17)11-15-10(19-16-11)9-13(14-2)7-5-4-6-8-13/h14H,3-9H2,1-2H3. The van der Waals surface area contributed by atoms with Gasteiger partial charge in [-0.05, 0) is 32.0 Å². The Morgan fingerprint density at radius 3 is 2.79 bits per heavy atom. The Bertz CT molecular complexity index is 425. The molecule has 106 valence electrons. The van der Waals surface area contributed by atoms with Crippen molar-refractivity contribution in [2.75, 3.05) is 13.7 Å². The van der Waals surface area contributed by atoms with E-state index in [-0.39, 0.29) is 11.4 Å². The smallest absolute Gasteiger partial charge is 0.379 e. The van der Waals surface area contributed by atoms with Crippen LogP contribution in [0.5, 0.6) is 0 Å². The maximum Gasteiger partial charge on any atom is 0.379 e. The molecule has 0 spiro atoms. The number of aromatic nitrogens is 2. The van der Waals surface area contributed by atoms with Crippen LogP contribution in [0.3, 0.4) is 0 Å². The summed E-state index contributed by atoms with van der Waals surface area (Å²) in [5.74, 6) is -0.0159. The van der Waals surface area contributed by atoms with Gasteiger partial charge in [0.1, 0.15) is 0 Å². The first-order valence-electron chi connectivity index (χ1n) is 6.88. The number of nitrogens with zero attached hydrogens (tertiary/aromatic N) is 2. The third-order valence-corrected chi connectivity index (χ3v) is 3.76. The highest BCUT2D eigenvalue weighted by Crippen LogP contribution is 2.30. The number of nitrogens with one attached hydrogen (secondary N) is 1. The van der Waals surface area contributed by atoms with E-state index < -0.39 is 5.97 Å². The molecule has 0 bridgehead atoms. The molecule has 0 saturated heterocycles. The maximum absolute atomic E-state index is 11.5. The molecule has 0 atom stereocenters. The number of hydrogen-bond acceptors (Lipinski definition) is 6. The summed E-state index contributed by atoms with van der Waals surface area (Å²) in [5, 5.41) is 7.06. The van der Waals surface area contributed by atoms with Crippen molar-refractivity contribution in [1.82, 2.24) is 15.5 Å². The molecule has 6 heteroatoms. The van der Waals surface area contributed by atoms with E-state index in [1.165, 1.54) is 19.3 Å². The second-order valence-corrected chi connectivity index (χ2v) is 5.00. The van der Waals surface area contributed by atoms with E-state index in [0.717, 1.165) is 12.8 Å². The lowest BCUT2D eigenvalue weighted by atomic mass is 9.79. The second kappa shape index (κ2) is 6.14. The Hall–Kier alpha value is -1.43. The molecule has 6 nitrogen and oxygen atoms in total. The van der Waals surface area contributed by atoms with Crippen LogP contribution < -0.4 is 5.32 Å². The Labute approximate surface area is 112 Å². The van der Waals surface area contributed by atoms with Crippen molar-refractivity contribution in [2.45, 2.75) is 51.0 Å². The van der Waals surface area contributed by atoms with Crippen LogP contribution in [0.25, 0.3) is 0 Å². The maximum atomic E-state index is 11.5.